The average Bonchev–Trinajstić information content (AvgIpc) is 3.61. The summed E-state index contributed by atoms with van der Waals surface area (Å²) in [4.78, 5) is 32.3. The zero-order valence-electron chi connectivity index (χ0n) is 30.5. The van der Waals surface area contributed by atoms with E-state index in [0.29, 0.717) is 60.1 Å². The minimum absolute atomic E-state index is 0.00613. The lowest BCUT2D eigenvalue weighted by atomic mass is 9.73. The highest BCUT2D eigenvalue weighted by Crippen LogP contribution is 2.63. The Kier molecular flexibility index (Phi) is 8.01. The molecular formula is C39H43N3O10S. The molecule has 3 aromatic rings. The molecule has 2 saturated heterocycles. The number of fused-ring (bicyclic) bond motifs is 9. The fourth-order valence-corrected chi connectivity index (χ4v) is 11.6. The second-order valence-electron chi connectivity index (χ2n) is 14.9. The number of piperazine rings is 1. The minimum Gasteiger partial charge on any atom is -0.504 e. The van der Waals surface area contributed by atoms with Crippen molar-refractivity contribution in [1.29, 1.82) is 0 Å². The predicted molar refractivity (Wildman–Crippen MR) is 193 cm³/mol. The molecule has 4 bridgehead atoms. The van der Waals surface area contributed by atoms with Crippen LogP contribution in [0.25, 0.3) is 0 Å². The van der Waals surface area contributed by atoms with Crippen molar-refractivity contribution in [1.82, 2.24) is 15.1 Å². The summed E-state index contributed by atoms with van der Waals surface area (Å²) in [7, 11) is 5.17. The first-order chi connectivity index (χ1) is 25.5. The van der Waals surface area contributed by atoms with E-state index in [2.05, 4.69) is 28.2 Å². The highest BCUT2D eigenvalue weighted by molar-refractivity contribution is 7.99. The number of esters is 2. The SMILES string of the molecule is COc1cc2c(cc1O)CCN[C@]21CS[C@@H]2c3c(OC(C)=O)c(C)c4c(c3[C@H](COC1=O)N1C[C@@H]3Cc5cc(C)c(OC)c(O)c5[C@H]([C@H]21)N3C)OCO4. The molecule has 53 heavy (non-hydrogen) atoms. The summed E-state index contributed by atoms with van der Waals surface area (Å²) in [5.74, 6) is 1.66. The van der Waals surface area contributed by atoms with Crippen molar-refractivity contribution >= 4 is 23.7 Å². The molecule has 7 aliphatic rings. The molecule has 0 amide bonds. The number of thioether (sulfide) groups is 1. The predicted octanol–water partition coefficient (Wildman–Crippen LogP) is 4.09. The maximum Gasteiger partial charge on any atom is 0.331 e. The third-order valence-electron chi connectivity index (χ3n) is 12.2. The van der Waals surface area contributed by atoms with Crippen LogP contribution >= 0.6 is 11.8 Å². The van der Waals surface area contributed by atoms with Crippen LogP contribution in [0.1, 0.15) is 68.8 Å². The van der Waals surface area contributed by atoms with Crippen LogP contribution in [-0.4, -0.2) is 97.5 Å². The first-order valence-electron chi connectivity index (χ1n) is 17.9. The van der Waals surface area contributed by atoms with Crippen LogP contribution in [0.3, 0.4) is 0 Å². The second-order valence-corrected chi connectivity index (χ2v) is 16.0. The Bertz CT molecular complexity index is 2090. The number of phenols is 2. The number of hydrogen-bond donors (Lipinski definition) is 3. The average molecular weight is 746 g/mol. The van der Waals surface area contributed by atoms with Gasteiger partial charge in [0.05, 0.1) is 31.6 Å². The van der Waals surface area contributed by atoms with Gasteiger partial charge in [-0.1, -0.05) is 6.07 Å². The number of aromatic hydroxyl groups is 2. The normalized spacial score (nSPS) is 28.3. The summed E-state index contributed by atoms with van der Waals surface area (Å²) < 4.78 is 36.2. The molecule has 10 rings (SSSR count). The highest BCUT2D eigenvalue weighted by Gasteiger charge is 2.59. The van der Waals surface area contributed by atoms with Crippen LogP contribution in [-0.2, 0) is 32.7 Å². The summed E-state index contributed by atoms with van der Waals surface area (Å²) >= 11 is 1.58. The summed E-state index contributed by atoms with van der Waals surface area (Å²) in [6.45, 7) is 6.33. The van der Waals surface area contributed by atoms with Crippen molar-refractivity contribution in [2.45, 2.75) is 68.6 Å². The largest absolute Gasteiger partial charge is 0.504 e. The van der Waals surface area contributed by atoms with E-state index in [1.54, 1.807) is 31.0 Å². The van der Waals surface area contributed by atoms with E-state index < -0.39 is 28.8 Å². The maximum absolute atomic E-state index is 14.7. The number of rotatable bonds is 3. The van der Waals surface area contributed by atoms with E-state index in [-0.39, 0.29) is 54.5 Å². The fraction of sp³-hybridized carbons (Fsp3) is 0.487. The van der Waals surface area contributed by atoms with Crippen molar-refractivity contribution in [3.63, 3.8) is 0 Å². The molecule has 0 radical (unpaired) electrons. The van der Waals surface area contributed by atoms with Gasteiger partial charge in [0.25, 0.3) is 0 Å². The second kappa shape index (κ2) is 12.3. The van der Waals surface area contributed by atoms with E-state index >= 15 is 0 Å². The van der Waals surface area contributed by atoms with Crippen LogP contribution in [0.5, 0.6) is 40.2 Å². The van der Waals surface area contributed by atoms with Crippen molar-refractivity contribution in [2.75, 3.05) is 53.5 Å². The van der Waals surface area contributed by atoms with Crippen molar-refractivity contribution in [3.8, 4) is 40.2 Å². The zero-order valence-corrected chi connectivity index (χ0v) is 31.3. The topological polar surface area (TPSA) is 148 Å². The Labute approximate surface area is 311 Å². The van der Waals surface area contributed by atoms with Crippen LogP contribution in [0.2, 0.25) is 0 Å². The molecule has 7 heterocycles. The van der Waals surface area contributed by atoms with Gasteiger partial charge in [0.1, 0.15) is 12.4 Å². The van der Waals surface area contributed by atoms with Crippen molar-refractivity contribution in [3.05, 3.63) is 62.7 Å². The monoisotopic (exact) mass is 745 g/mol. The van der Waals surface area contributed by atoms with Gasteiger partial charge in [0.15, 0.2) is 40.0 Å². The lowest BCUT2D eigenvalue weighted by Crippen LogP contribution is -2.65. The number of nitrogens with one attached hydrogen (secondary N) is 1. The summed E-state index contributed by atoms with van der Waals surface area (Å²) in [6.07, 6.45) is 1.31. The molecule has 3 aromatic carbocycles. The van der Waals surface area contributed by atoms with Crippen molar-refractivity contribution < 1.29 is 48.2 Å². The third kappa shape index (κ3) is 4.81. The van der Waals surface area contributed by atoms with Crippen LogP contribution < -0.4 is 29.0 Å². The molecule has 1 spiro atoms. The summed E-state index contributed by atoms with van der Waals surface area (Å²) in [5.41, 5.74) is 5.22. The van der Waals surface area contributed by atoms with E-state index in [1.165, 1.54) is 14.0 Å². The number of methoxy groups -OCH3 is 2. The Balaban J connectivity index is 1.30. The molecule has 13 nitrogen and oxygen atoms in total. The first-order valence-corrected chi connectivity index (χ1v) is 19.0. The number of ether oxygens (including phenoxy) is 6. The lowest BCUT2D eigenvalue weighted by Gasteiger charge is -2.60. The summed E-state index contributed by atoms with van der Waals surface area (Å²) in [5, 5.41) is 25.8. The number of benzene rings is 3. The third-order valence-corrected chi connectivity index (χ3v) is 13.7. The van der Waals surface area contributed by atoms with E-state index in [1.807, 2.05) is 13.8 Å². The Morgan fingerprint density at radius 1 is 1.02 bits per heavy atom. The molecule has 0 saturated carbocycles. The number of carbonyl (C=O) groups is 2. The van der Waals surface area contributed by atoms with Crippen LogP contribution in [0, 0.1) is 13.8 Å². The van der Waals surface area contributed by atoms with E-state index in [9.17, 15) is 19.8 Å². The maximum atomic E-state index is 14.7. The Morgan fingerprint density at radius 2 is 1.81 bits per heavy atom. The molecular weight excluding hydrogens is 703 g/mol. The number of carbonyl (C=O) groups excluding carboxylic acids is 2. The Hall–Kier alpha value is -4.37. The fourth-order valence-electron chi connectivity index (χ4n) is 9.92. The van der Waals surface area contributed by atoms with Crippen LogP contribution in [0.15, 0.2) is 18.2 Å². The van der Waals surface area contributed by atoms with Gasteiger partial charge in [-0.05, 0) is 68.1 Å². The molecule has 14 heteroatoms. The van der Waals surface area contributed by atoms with Gasteiger partial charge >= 0.3 is 11.9 Å². The van der Waals surface area contributed by atoms with E-state index in [4.69, 9.17) is 28.4 Å². The van der Waals surface area contributed by atoms with Gasteiger partial charge < -0.3 is 38.6 Å². The number of phenolic OH excluding ortho intramolecular Hbond substituents is 2. The lowest BCUT2D eigenvalue weighted by molar-refractivity contribution is -0.156. The first kappa shape index (κ1) is 34.4. The number of aryl methyl sites for hydroxylation is 1. The van der Waals surface area contributed by atoms with Gasteiger partial charge in [0, 0.05) is 60.1 Å². The molecule has 280 valence electrons. The molecule has 3 N–H and O–H groups in total. The van der Waals surface area contributed by atoms with Gasteiger partial charge in [-0.15, -0.1) is 11.8 Å². The number of nitrogens with zero attached hydrogens (tertiary/aromatic N) is 2. The van der Waals surface area contributed by atoms with Gasteiger partial charge in [-0.2, -0.15) is 0 Å². The molecule has 2 fully saturated rings. The Morgan fingerprint density at radius 3 is 2.57 bits per heavy atom. The smallest absolute Gasteiger partial charge is 0.331 e. The minimum atomic E-state index is -1.29. The van der Waals surface area contributed by atoms with E-state index in [0.717, 1.165) is 33.4 Å². The van der Waals surface area contributed by atoms with Gasteiger partial charge in [0.2, 0.25) is 6.79 Å². The van der Waals surface area contributed by atoms with Crippen LogP contribution in [0.4, 0.5) is 0 Å². The standard InChI is InChI=1S/C39H43N3O10S/c1-17-9-21-10-22-13-42-24-14-49-38(46)39(23-12-26(47-5)25(44)11-20(23)7-8-40-39)15-53-37(31(42)30(41(22)4)27(21)32(45)33(17)48-6)29-28(24)36-35(50-16-51-36)18(2)34(29)52-19(3)43/h9,11-12,22,24,30-31,37,40,44-45H,7-8,10,13-16H2,1-6H3/t22-,24-,30+,31+,37+,39+/m0/s1. The zero-order chi connectivity index (χ0) is 37.1. The molecule has 7 aliphatic heterocycles. The molecule has 0 aromatic heterocycles. The molecule has 0 aliphatic carbocycles. The van der Waals surface area contributed by atoms with Gasteiger partial charge in [-0.3, -0.25) is 19.9 Å². The van der Waals surface area contributed by atoms with Gasteiger partial charge in [-0.25, -0.2) is 4.79 Å². The summed E-state index contributed by atoms with van der Waals surface area (Å²) in [6, 6.07) is 4.51. The van der Waals surface area contributed by atoms with Crippen molar-refractivity contribution in [2.24, 2.45) is 0 Å². The molecule has 0 unspecified atom stereocenters. The number of hydrogen-bond acceptors (Lipinski definition) is 14. The quantitative estimate of drug-likeness (QED) is 0.261. The number of likely N-dealkylation sites (N-methyl/N-ethyl adjacent to an activating group) is 1. The molecule has 6 atom stereocenters. The highest BCUT2D eigenvalue weighted by atomic mass is 32.2.